The predicted molar refractivity (Wildman–Crippen MR) is 86.4 cm³/mol. The average molecular weight is 294 g/mol. The van der Waals surface area contributed by atoms with Gasteiger partial charge in [0.25, 0.3) is 0 Å². The Hall–Kier alpha value is -1.09. The molecule has 0 unspecified atom stereocenters. The van der Waals surface area contributed by atoms with Gasteiger partial charge in [-0.2, -0.15) is 0 Å². The number of carbonyl (C=O) groups is 1. The third-order valence-corrected chi connectivity index (χ3v) is 3.88. The second-order valence-corrected chi connectivity index (χ2v) is 5.83. The minimum atomic E-state index is -0.899. The summed E-state index contributed by atoms with van der Waals surface area (Å²) in [7, 11) is 0. The molecule has 3 nitrogen and oxygen atoms in total. The lowest BCUT2D eigenvalue weighted by atomic mass is 10.1. The summed E-state index contributed by atoms with van der Waals surface area (Å²) in [6, 6.07) is 0. The van der Waals surface area contributed by atoms with Crippen LogP contribution in [0, 0.1) is 0 Å². The molecular formula is C18H30O3. The Balaban J connectivity index is 1.87. The monoisotopic (exact) mass is 294 g/mol. The highest BCUT2D eigenvalue weighted by atomic mass is 16.6. The molecule has 1 heterocycles. The van der Waals surface area contributed by atoms with Gasteiger partial charge in [-0.05, 0) is 25.7 Å². The molecule has 0 radical (unpaired) electrons. The van der Waals surface area contributed by atoms with Crippen LogP contribution < -0.4 is 0 Å². The molecule has 1 saturated heterocycles. The molecule has 0 aromatic rings. The molecule has 120 valence electrons. The molecule has 1 aliphatic rings. The van der Waals surface area contributed by atoms with E-state index in [9.17, 15) is 4.79 Å². The normalized spacial score (nSPS) is 21.4. The Morgan fingerprint density at radius 2 is 1.67 bits per heavy atom. The zero-order valence-electron chi connectivity index (χ0n) is 13.3. The van der Waals surface area contributed by atoms with E-state index in [1.165, 1.54) is 44.9 Å². The molecule has 3 heteroatoms. The van der Waals surface area contributed by atoms with E-state index in [4.69, 9.17) is 9.84 Å². The third kappa shape index (κ3) is 10.3. The maximum absolute atomic E-state index is 10.2. The standard InChI is InChI=1S/C18H30O3/c1-2-3-4-5-7-10-13-16-17(21-16)14-11-8-6-9-12-15-18(19)20/h6,9,12,15-17H,2-5,7-8,10-11,13-14H2,1H3,(H,19,20)/b9-6+,15-12-/t16-,17+/m1/s1. The summed E-state index contributed by atoms with van der Waals surface area (Å²) in [6.07, 6.45) is 20.1. The van der Waals surface area contributed by atoms with Crippen LogP contribution in [0.15, 0.2) is 24.3 Å². The number of carboxylic acids is 1. The Bertz CT molecular complexity index is 333. The van der Waals surface area contributed by atoms with Crippen LogP contribution in [0.5, 0.6) is 0 Å². The maximum atomic E-state index is 10.2. The van der Waals surface area contributed by atoms with Crippen LogP contribution in [0.4, 0.5) is 0 Å². The van der Waals surface area contributed by atoms with E-state index in [2.05, 4.69) is 6.92 Å². The SMILES string of the molecule is CCCCCCCC[C@H]1O[C@H]1CCC/C=C/C=C\C(=O)O. The quantitative estimate of drug-likeness (QED) is 0.228. The Labute approximate surface area is 129 Å². The minimum absolute atomic E-state index is 0.489. The number of hydrogen-bond acceptors (Lipinski definition) is 2. The summed E-state index contributed by atoms with van der Waals surface area (Å²) in [5.41, 5.74) is 0. The van der Waals surface area contributed by atoms with Gasteiger partial charge in [-0.1, -0.05) is 63.7 Å². The maximum Gasteiger partial charge on any atom is 0.328 e. The minimum Gasteiger partial charge on any atom is -0.478 e. The van der Waals surface area contributed by atoms with E-state index in [0.29, 0.717) is 12.2 Å². The second-order valence-electron chi connectivity index (χ2n) is 5.83. The van der Waals surface area contributed by atoms with Gasteiger partial charge in [0.1, 0.15) is 0 Å². The molecule has 1 rings (SSSR count). The van der Waals surface area contributed by atoms with E-state index in [0.717, 1.165) is 25.3 Å². The largest absolute Gasteiger partial charge is 0.478 e. The van der Waals surface area contributed by atoms with Crippen molar-refractivity contribution in [1.29, 1.82) is 0 Å². The first kappa shape index (κ1) is 18.0. The van der Waals surface area contributed by atoms with Gasteiger partial charge in [-0.3, -0.25) is 0 Å². The van der Waals surface area contributed by atoms with E-state index in [1.54, 1.807) is 12.2 Å². The van der Waals surface area contributed by atoms with Crippen LogP contribution in [0.2, 0.25) is 0 Å². The average Bonchev–Trinajstić information content (AvgIpc) is 3.20. The molecule has 1 fully saturated rings. The number of epoxide rings is 1. The Morgan fingerprint density at radius 1 is 1.00 bits per heavy atom. The molecule has 1 aliphatic heterocycles. The lowest BCUT2D eigenvalue weighted by Gasteiger charge is -1.98. The van der Waals surface area contributed by atoms with E-state index >= 15 is 0 Å². The molecular weight excluding hydrogens is 264 g/mol. The molecule has 0 aliphatic carbocycles. The third-order valence-electron chi connectivity index (χ3n) is 3.88. The zero-order chi connectivity index (χ0) is 15.3. The number of unbranched alkanes of at least 4 members (excludes halogenated alkanes) is 6. The fourth-order valence-electron chi connectivity index (χ4n) is 2.56. The molecule has 0 spiro atoms. The number of rotatable bonds is 13. The highest BCUT2D eigenvalue weighted by Crippen LogP contribution is 2.31. The summed E-state index contributed by atoms with van der Waals surface area (Å²) in [4.78, 5) is 10.2. The van der Waals surface area contributed by atoms with Crippen molar-refractivity contribution in [2.45, 2.75) is 83.3 Å². The first-order chi connectivity index (χ1) is 10.2. The first-order valence-corrected chi connectivity index (χ1v) is 8.45. The number of hydrogen-bond donors (Lipinski definition) is 1. The van der Waals surface area contributed by atoms with Gasteiger partial charge in [0.15, 0.2) is 0 Å². The number of carboxylic acid groups (broad SMARTS) is 1. The van der Waals surface area contributed by atoms with Gasteiger partial charge in [0, 0.05) is 6.08 Å². The fourth-order valence-corrected chi connectivity index (χ4v) is 2.56. The van der Waals surface area contributed by atoms with Crippen molar-refractivity contribution >= 4 is 5.97 Å². The number of ether oxygens (including phenoxy) is 1. The summed E-state index contributed by atoms with van der Waals surface area (Å²) >= 11 is 0. The predicted octanol–water partition coefficient (Wildman–Crippen LogP) is 4.87. The Morgan fingerprint density at radius 3 is 2.38 bits per heavy atom. The molecule has 0 aromatic heterocycles. The summed E-state index contributed by atoms with van der Waals surface area (Å²) in [6.45, 7) is 2.25. The van der Waals surface area contributed by atoms with Gasteiger partial charge >= 0.3 is 5.97 Å². The molecule has 1 N–H and O–H groups in total. The van der Waals surface area contributed by atoms with Crippen molar-refractivity contribution in [1.82, 2.24) is 0 Å². The highest BCUT2D eigenvalue weighted by Gasteiger charge is 2.36. The van der Waals surface area contributed by atoms with Gasteiger partial charge in [0.05, 0.1) is 12.2 Å². The lowest BCUT2D eigenvalue weighted by molar-refractivity contribution is -0.131. The van der Waals surface area contributed by atoms with Crippen LogP contribution in [-0.2, 0) is 9.53 Å². The number of allylic oxidation sites excluding steroid dienone is 3. The van der Waals surface area contributed by atoms with Crippen LogP contribution in [-0.4, -0.2) is 23.3 Å². The second kappa shape index (κ2) is 11.6. The summed E-state index contributed by atoms with van der Waals surface area (Å²) < 4.78 is 5.69. The van der Waals surface area contributed by atoms with Gasteiger partial charge < -0.3 is 9.84 Å². The topological polar surface area (TPSA) is 49.8 Å². The highest BCUT2D eigenvalue weighted by molar-refractivity contribution is 5.80. The summed E-state index contributed by atoms with van der Waals surface area (Å²) in [5, 5.41) is 8.42. The van der Waals surface area contributed by atoms with Crippen molar-refractivity contribution in [3.8, 4) is 0 Å². The molecule has 0 bridgehead atoms. The molecule has 21 heavy (non-hydrogen) atoms. The number of aliphatic carboxylic acids is 1. The van der Waals surface area contributed by atoms with Crippen LogP contribution in [0.25, 0.3) is 0 Å². The zero-order valence-corrected chi connectivity index (χ0v) is 13.3. The lowest BCUT2D eigenvalue weighted by Crippen LogP contribution is -1.94. The Kier molecular flexibility index (Phi) is 9.88. The van der Waals surface area contributed by atoms with Crippen LogP contribution >= 0.6 is 0 Å². The van der Waals surface area contributed by atoms with Crippen molar-refractivity contribution in [3.05, 3.63) is 24.3 Å². The summed E-state index contributed by atoms with van der Waals surface area (Å²) in [5.74, 6) is -0.899. The van der Waals surface area contributed by atoms with E-state index in [-0.39, 0.29) is 0 Å². The van der Waals surface area contributed by atoms with E-state index < -0.39 is 5.97 Å². The first-order valence-electron chi connectivity index (χ1n) is 8.45. The van der Waals surface area contributed by atoms with Crippen molar-refractivity contribution < 1.29 is 14.6 Å². The van der Waals surface area contributed by atoms with Crippen molar-refractivity contribution in [2.75, 3.05) is 0 Å². The molecule has 2 atom stereocenters. The molecule has 0 amide bonds. The van der Waals surface area contributed by atoms with Crippen molar-refractivity contribution in [3.63, 3.8) is 0 Å². The fraction of sp³-hybridized carbons (Fsp3) is 0.722. The van der Waals surface area contributed by atoms with Crippen LogP contribution in [0.1, 0.15) is 71.1 Å². The van der Waals surface area contributed by atoms with Gasteiger partial charge in [-0.25, -0.2) is 4.79 Å². The van der Waals surface area contributed by atoms with Gasteiger partial charge in [-0.15, -0.1) is 0 Å². The van der Waals surface area contributed by atoms with E-state index in [1.807, 2.05) is 6.08 Å². The molecule has 0 saturated carbocycles. The van der Waals surface area contributed by atoms with Crippen LogP contribution in [0.3, 0.4) is 0 Å². The van der Waals surface area contributed by atoms with Crippen molar-refractivity contribution in [2.24, 2.45) is 0 Å². The smallest absolute Gasteiger partial charge is 0.328 e. The molecule has 0 aromatic carbocycles. The van der Waals surface area contributed by atoms with Gasteiger partial charge in [0.2, 0.25) is 0 Å².